The summed E-state index contributed by atoms with van der Waals surface area (Å²) in [5, 5.41) is 17.4. The van der Waals surface area contributed by atoms with Crippen molar-refractivity contribution in [2.45, 2.75) is 45.6 Å². The minimum Gasteiger partial charge on any atom is -0.384 e. The van der Waals surface area contributed by atoms with Gasteiger partial charge in [0.2, 0.25) is 0 Å². The first kappa shape index (κ1) is 20.7. The number of aliphatic imine (C=N–C) groups is 1. The monoisotopic (exact) mass is 360 g/mol. The molecule has 0 aliphatic carbocycles. The normalized spacial score (nSPS) is 21.2. The van der Waals surface area contributed by atoms with Crippen molar-refractivity contribution in [1.29, 1.82) is 0 Å². The lowest BCUT2D eigenvalue weighted by molar-refractivity contribution is 0.0672. The Morgan fingerprint density at radius 3 is 2.77 bits per heavy atom. The molecule has 0 amide bonds. The number of nitrogens with zero attached hydrogens (tertiary/aromatic N) is 2. The van der Waals surface area contributed by atoms with Crippen LogP contribution >= 0.6 is 0 Å². The first-order chi connectivity index (χ1) is 12.5. The van der Waals surface area contributed by atoms with E-state index in [1.165, 1.54) is 25.9 Å². The zero-order chi connectivity index (χ0) is 18.8. The molecule has 1 saturated heterocycles. The van der Waals surface area contributed by atoms with Crippen LogP contribution in [0.1, 0.15) is 45.6 Å². The molecule has 0 saturated carbocycles. The van der Waals surface area contributed by atoms with E-state index in [2.05, 4.69) is 34.4 Å². The highest BCUT2D eigenvalue weighted by molar-refractivity contribution is 5.79. The van der Waals surface area contributed by atoms with Crippen LogP contribution in [-0.2, 0) is 5.60 Å². The van der Waals surface area contributed by atoms with Crippen LogP contribution in [0.25, 0.3) is 0 Å². The van der Waals surface area contributed by atoms with Crippen molar-refractivity contribution in [3.63, 3.8) is 0 Å². The maximum absolute atomic E-state index is 10.7. The highest BCUT2D eigenvalue weighted by Gasteiger charge is 2.22. The van der Waals surface area contributed by atoms with Gasteiger partial charge in [-0.2, -0.15) is 0 Å². The quantitative estimate of drug-likeness (QED) is 0.379. The first-order valence-corrected chi connectivity index (χ1v) is 10.0. The molecular formula is C21H36N4O. The Bertz CT molecular complexity index is 544. The standard InChI is InChI=1S/C21H36N4O/c1-4-22-20(23-13-9-15-25-14-8-10-18(2)16-25)24-17-21(3,26)19-11-6-5-7-12-19/h5-7,11-12,18,26H,4,8-10,13-17H2,1-3H3,(H2,22,23,24). The summed E-state index contributed by atoms with van der Waals surface area (Å²) in [7, 11) is 0. The van der Waals surface area contributed by atoms with Crippen molar-refractivity contribution >= 4 is 5.96 Å². The van der Waals surface area contributed by atoms with Gasteiger partial charge >= 0.3 is 0 Å². The van der Waals surface area contributed by atoms with E-state index in [1.54, 1.807) is 0 Å². The number of hydrogen-bond donors (Lipinski definition) is 3. The molecule has 1 aliphatic heterocycles. The van der Waals surface area contributed by atoms with Gasteiger partial charge in [-0.15, -0.1) is 0 Å². The van der Waals surface area contributed by atoms with Crippen LogP contribution in [0.15, 0.2) is 35.3 Å². The van der Waals surface area contributed by atoms with Crippen molar-refractivity contribution in [2.24, 2.45) is 10.9 Å². The van der Waals surface area contributed by atoms with Crippen molar-refractivity contribution in [3.05, 3.63) is 35.9 Å². The Morgan fingerprint density at radius 2 is 2.08 bits per heavy atom. The number of benzene rings is 1. The molecule has 1 fully saturated rings. The van der Waals surface area contributed by atoms with Gasteiger partial charge in [-0.05, 0) is 57.7 Å². The van der Waals surface area contributed by atoms with Gasteiger partial charge in [0.1, 0.15) is 5.60 Å². The third-order valence-corrected chi connectivity index (χ3v) is 4.97. The molecule has 0 aromatic heterocycles. The van der Waals surface area contributed by atoms with Gasteiger partial charge in [-0.1, -0.05) is 37.3 Å². The van der Waals surface area contributed by atoms with E-state index in [1.807, 2.05) is 37.3 Å². The molecule has 2 atom stereocenters. The Labute approximate surface area is 158 Å². The number of rotatable bonds is 8. The minimum absolute atomic E-state index is 0.329. The number of hydrogen-bond acceptors (Lipinski definition) is 3. The number of guanidine groups is 1. The summed E-state index contributed by atoms with van der Waals surface area (Å²) in [5.74, 6) is 1.60. The second kappa shape index (κ2) is 10.5. The topological polar surface area (TPSA) is 59.9 Å². The van der Waals surface area contributed by atoms with Crippen LogP contribution < -0.4 is 10.6 Å². The molecule has 26 heavy (non-hydrogen) atoms. The molecule has 146 valence electrons. The Morgan fingerprint density at radius 1 is 1.31 bits per heavy atom. The molecule has 2 unspecified atom stereocenters. The van der Waals surface area contributed by atoms with Crippen molar-refractivity contribution in [1.82, 2.24) is 15.5 Å². The largest absolute Gasteiger partial charge is 0.384 e. The molecule has 1 aliphatic rings. The molecule has 1 heterocycles. The third-order valence-electron chi connectivity index (χ3n) is 4.97. The smallest absolute Gasteiger partial charge is 0.191 e. The van der Waals surface area contributed by atoms with Crippen LogP contribution in [0, 0.1) is 5.92 Å². The van der Waals surface area contributed by atoms with Gasteiger partial charge in [-0.3, -0.25) is 0 Å². The molecule has 5 heteroatoms. The van der Waals surface area contributed by atoms with Gasteiger partial charge in [-0.25, -0.2) is 4.99 Å². The van der Waals surface area contributed by atoms with E-state index in [9.17, 15) is 5.11 Å². The van der Waals surface area contributed by atoms with Gasteiger partial charge < -0.3 is 20.6 Å². The molecular weight excluding hydrogens is 324 g/mol. The minimum atomic E-state index is -0.965. The summed E-state index contributed by atoms with van der Waals surface area (Å²) in [4.78, 5) is 7.16. The lowest BCUT2D eigenvalue weighted by Gasteiger charge is -2.30. The maximum atomic E-state index is 10.7. The Kier molecular flexibility index (Phi) is 8.39. The lowest BCUT2D eigenvalue weighted by atomic mass is 9.96. The number of nitrogens with one attached hydrogen (secondary N) is 2. The first-order valence-electron chi connectivity index (χ1n) is 10.0. The molecule has 1 aromatic rings. The maximum Gasteiger partial charge on any atom is 0.191 e. The summed E-state index contributed by atoms with van der Waals surface area (Å²) in [6.45, 7) is 11.8. The van der Waals surface area contributed by atoms with E-state index in [0.717, 1.165) is 43.5 Å². The third kappa shape index (κ3) is 6.96. The number of likely N-dealkylation sites (tertiary alicyclic amines) is 1. The zero-order valence-electron chi connectivity index (χ0n) is 16.7. The van der Waals surface area contributed by atoms with E-state index in [0.29, 0.717) is 6.54 Å². The van der Waals surface area contributed by atoms with Gasteiger partial charge in [0.15, 0.2) is 5.96 Å². The van der Waals surface area contributed by atoms with Crippen LogP contribution in [0.4, 0.5) is 0 Å². The molecule has 3 N–H and O–H groups in total. The van der Waals surface area contributed by atoms with Crippen LogP contribution in [0.2, 0.25) is 0 Å². The summed E-state index contributed by atoms with van der Waals surface area (Å²) in [5.41, 5.74) is -0.0769. The second-order valence-electron chi connectivity index (χ2n) is 7.66. The molecule has 0 bridgehead atoms. The van der Waals surface area contributed by atoms with Crippen molar-refractivity contribution < 1.29 is 5.11 Å². The fraction of sp³-hybridized carbons (Fsp3) is 0.667. The Hall–Kier alpha value is -1.59. The average molecular weight is 361 g/mol. The lowest BCUT2D eigenvalue weighted by Crippen LogP contribution is -2.41. The van der Waals surface area contributed by atoms with Gasteiger partial charge in [0.05, 0.1) is 6.54 Å². The van der Waals surface area contributed by atoms with Gasteiger partial charge in [0.25, 0.3) is 0 Å². The zero-order valence-corrected chi connectivity index (χ0v) is 16.7. The number of aliphatic hydroxyl groups is 1. The SMILES string of the molecule is CCNC(=NCC(C)(O)c1ccccc1)NCCCN1CCCC(C)C1. The van der Waals surface area contributed by atoms with E-state index in [-0.39, 0.29) is 0 Å². The Balaban J connectivity index is 1.79. The van der Waals surface area contributed by atoms with Gasteiger partial charge in [0, 0.05) is 19.6 Å². The summed E-state index contributed by atoms with van der Waals surface area (Å²) in [6, 6.07) is 9.72. The molecule has 2 rings (SSSR count). The molecule has 0 spiro atoms. The molecule has 5 nitrogen and oxygen atoms in total. The molecule has 1 aromatic carbocycles. The predicted molar refractivity (Wildman–Crippen MR) is 109 cm³/mol. The average Bonchev–Trinajstić information content (AvgIpc) is 2.64. The molecule has 0 radical (unpaired) electrons. The van der Waals surface area contributed by atoms with Crippen molar-refractivity contribution in [2.75, 3.05) is 39.3 Å². The van der Waals surface area contributed by atoms with E-state index < -0.39 is 5.60 Å². The van der Waals surface area contributed by atoms with Crippen molar-refractivity contribution in [3.8, 4) is 0 Å². The predicted octanol–water partition coefficient (Wildman–Crippen LogP) is 2.57. The summed E-state index contributed by atoms with van der Waals surface area (Å²) < 4.78 is 0. The highest BCUT2D eigenvalue weighted by atomic mass is 16.3. The van der Waals surface area contributed by atoms with Crippen LogP contribution in [0.5, 0.6) is 0 Å². The van der Waals surface area contributed by atoms with E-state index >= 15 is 0 Å². The second-order valence-corrected chi connectivity index (χ2v) is 7.66. The fourth-order valence-corrected chi connectivity index (χ4v) is 3.46. The fourth-order valence-electron chi connectivity index (χ4n) is 3.46. The highest BCUT2D eigenvalue weighted by Crippen LogP contribution is 2.20. The van der Waals surface area contributed by atoms with E-state index in [4.69, 9.17) is 0 Å². The van der Waals surface area contributed by atoms with Crippen LogP contribution in [0.3, 0.4) is 0 Å². The summed E-state index contributed by atoms with van der Waals surface area (Å²) >= 11 is 0. The van der Waals surface area contributed by atoms with Crippen LogP contribution in [-0.4, -0.2) is 55.2 Å². The summed E-state index contributed by atoms with van der Waals surface area (Å²) in [6.07, 6.45) is 3.80. The number of piperidine rings is 1.